The Morgan fingerprint density at radius 2 is 1.84 bits per heavy atom. The molecule has 31 heavy (non-hydrogen) atoms. The van der Waals surface area contributed by atoms with Crippen LogP contribution in [0.3, 0.4) is 0 Å². The first-order chi connectivity index (χ1) is 14.7. The monoisotopic (exact) mass is 448 g/mol. The molecule has 10 heteroatoms. The molecule has 0 saturated carbocycles. The number of esters is 1. The number of hydrogen-bond donors (Lipinski definition) is 0. The Kier molecular flexibility index (Phi) is 7.11. The minimum absolute atomic E-state index is 0.0144. The van der Waals surface area contributed by atoms with Crippen molar-refractivity contribution in [3.8, 4) is 0 Å². The van der Waals surface area contributed by atoms with E-state index in [-0.39, 0.29) is 30.6 Å². The number of aromatic nitrogens is 2. The minimum Gasteiger partial charge on any atom is -0.455 e. The molecule has 0 atom stereocenters. The van der Waals surface area contributed by atoms with Gasteiger partial charge < -0.3 is 14.2 Å². The number of sulfonamides is 1. The van der Waals surface area contributed by atoms with E-state index < -0.39 is 21.9 Å². The van der Waals surface area contributed by atoms with Crippen molar-refractivity contribution in [3.63, 3.8) is 0 Å². The van der Waals surface area contributed by atoms with Crippen molar-refractivity contribution in [1.29, 1.82) is 0 Å². The van der Waals surface area contributed by atoms with Crippen LogP contribution in [0.2, 0.25) is 0 Å². The zero-order chi connectivity index (χ0) is 22.6. The number of ether oxygens (including phenoxy) is 1. The lowest BCUT2D eigenvalue weighted by molar-refractivity contribution is -0.156. The van der Waals surface area contributed by atoms with E-state index in [1.807, 2.05) is 30.3 Å². The van der Waals surface area contributed by atoms with Crippen molar-refractivity contribution in [2.24, 2.45) is 13.0 Å². The van der Waals surface area contributed by atoms with Gasteiger partial charge in [-0.05, 0) is 25.3 Å². The van der Waals surface area contributed by atoms with Crippen LogP contribution in [0, 0.1) is 12.8 Å². The molecular weight excluding hydrogens is 420 g/mol. The lowest BCUT2D eigenvalue weighted by Gasteiger charge is -2.29. The molecular formula is C21H28N4O5S. The van der Waals surface area contributed by atoms with Crippen molar-refractivity contribution < 1.29 is 22.7 Å². The average Bonchev–Trinajstić information content (AvgIpc) is 3.11. The Bertz CT molecular complexity index is 1010. The van der Waals surface area contributed by atoms with Crippen LogP contribution in [0.4, 0.5) is 0 Å². The number of likely N-dealkylation sites (N-methyl/N-ethyl adjacent to an activating group) is 1. The summed E-state index contributed by atoms with van der Waals surface area (Å²) in [6.07, 6.45) is 2.18. The number of nitrogens with zero attached hydrogens (tertiary/aromatic N) is 4. The molecule has 1 aliphatic heterocycles. The molecule has 1 fully saturated rings. The molecule has 2 heterocycles. The van der Waals surface area contributed by atoms with Crippen molar-refractivity contribution in [3.05, 3.63) is 47.9 Å². The largest absolute Gasteiger partial charge is 0.455 e. The zero-order valence-corrected chi connectivity index (χ0v) is 18.8. The van der Waals surface area contributed by atoms with Gasteiger partial charge in [0.05, 0.1) is 5.92 Å². The number of piperidine rings is 1. The highest BCUT2D eigenvalue weighted by atomic mass is 32.2. The average molecular weight is 449 g/mol. The SMILES string of the molecule is Cc1nc(S(=O)(=O)N2CCC(C(=O)OCC(=O)N(C)Cc3ccccc3)CC2)cn1C. The summed E-state index contributed by atoms with van der Waals surface area (Å²) in [6.45, 7) is 2.26. The molecule has 1 amide bonds. The quantitative estimate of drug-likeness (QED) is 0.592. The van der Waals surface area contributed by atoms with E-state index in [0.717, 1.165) is 5.56 Å². The number of carbonyl (C=O) groups excluding carboxylic acids is 2. The van der Waals surface area contributed by atoms with Gasteiger partial charge >= 0.3 is 5.97 Å². The first kappa shape index (κ1) is 23.0. The number of carbonyl (C=O) groups is 2. The first-order valence-electron chi connectivity index (χ1n) is 10.1. The van der Waals surface area contributed by atoms with Crippen molar-refractivity contribution in [2.75, 3.05) is 26.7 Å². The van der Waals surface area contributed by atoms with Gasteiger partial charge in [0.25, 0.3) is 15.9 Å². The molecule has 0 N–H and O–H groups in total. The number of benzene rings is 1. The minimum atomic E-state index is -3.69. The summed E-state index contributed by atoms with van der Waals surface area (Å²) in [4.78, 5) is 30.3. The molecule has 0 radical (unpaired) electrons. The van der Waals surface area contributed by atoms with E-state index in [2.05, 4.69) is 4.98 Å². The van der Waals surface area contributed by atoms with Crippen LogP contribution in [0.1, 0.15) is 24.2 Å². The third-order valence-corrected chi connectivity index (χ3v) is 7.27. The van der Waals surface area contributed by atoms with Crippen molar-refractivity contribution in [1.82, 2.24) is 18.8 Å². The van der Waals surface area contributed by atoms with E-state index >= 15 is 0 Å². The van der Waals surface area contributed by atoms with Gasteiger partial charge in [-0.3, -0.25) is 9.59 Å². The molecule has 9 nitrogen and oxygen atoms in total. The normalized spacial score (nSPS) is 15.6. The van der Waals surface area contributed by atoms with E-state index in [1.54, 1.807) is 25.6 Å². The van der Waals surface area contributed by atoms with Crippen molar-refractivity contribution in [2.45, 2.75) is 31.3 Å². The standard InChI is InChI=1S/C21H28N4O5S/c1-16-22-19(14-23(16)2)31(28,29)25-11-9-18(10-12-25)21(27)30-15-20(26)24(3)13-17-7-5-4-6-8-17/h4-8,14,18H,9-13,15H2,1-3H3. The molecule has 0 unspecified atom stereocenters. The lowest BCUT2D eigenvalue weighted by atomic mass is 9.98. The highest BCUT2D eigenvalue weighted by molar-refractivity contribution is 7.89. The maximum absolute atomic E-state index is 12.8. The summed E-state index contributed by atoms with van der Waals surface area (Å²) < 4.78 is 33.7. The lowest BCUT2D eigenvalue weighted by Crippen LogP contribution is -2.41. The fraction of sp³-hybridized carbons (Fsp3) is 0.476. The van der Waals surface area contributed by atoms with Gasteiger partial charge in [-0.1, -0.05) is 30.3 Å². The summed E-state index contributed by atoms with van der Waals surface area (Å²) in [7, 11) is -0.294. The van der Waals surface area contributed by atoms with Crippen LogP contribution < -0.4 is 0 Å². The predicted molar refractivity (Wildman–Crippen MR) is 113 cm³/mol. The van der Waals surface area contributed by atoms with E-state index in [1.165, 1.54) is 15.4 Å². The maximum atomic E-state index is 12.8. The fourth-order valence-corrected chi connectivity index (χ4v) is 4.92. The topological polar surface area (TPSA) is 102 Å². The van der Waals surface area contributed by atoms with Crippen molar-refractivity contribution >= 4 is 21.9 Å². The van der Waals surface area contributed by atoms with Gasteiger partial charge in [-0.15, -0.1) is 0 Å². The number of hydrogen-bond acceptors (Lipinski definition) is 6. The van der Waals surface area contributed by atoms with Crippen LogP contribution in [-0.2, 0) is 37.9 Å². The van der Waals surface area contributed by atoms with Crippen LogP contribution in [-0.4, -0.2) is 65.8 Å². The molecule has 1 saturated heterocycles. The van der Waals surface area contributed by atoms with Crippen LogP contribution in [0.5, 0.6) is 0 Å². The molecule has 0 bridgehead atoms. The Labute approximate surface area is 182 Å². The number of aryl methyl sites for hydroxylation is 2. The molecule has 168 valence electrons. The molecule has 0 aliphatic carbocycles. The molecule has 1 aromatic heterocycles. The predicted octanol–water partition coefficient (Wildman–Crippen LogP) is 1.33. The number of amides is 1. The molecule has 1 aromatic carbocycles. The van der Waals surface area contributed by atoms with Gasteiger partial charge in [0.15, 0.2) is 11.6 Å². The first-order valence-corrected chi connectivity index (χ1v) is 11.6. The summed E-state index contributed by atoms with van der Waals surface area (Å²) in [5.74, 6) is -0.571. The fourth-order valence-electron chi connectivity index (χ4n) is 3.42. The Morgan fingerprint density at radius 3 is 2.42 bits per heavy atom. The molecule has 1 aliphatic rings. The highest BCUT2D eigenvalue weighted by Crippen LogP contribution is 2.24. The summed E-state index contributed by atoms with van der Waals surface area (Å²) >= 11 is 0. The van der Waals surface area contributed by atoms with Crippen LogP contribution in [0.25, 0.3) is 0 Å². The molecule has 0 spiro atoms. The van der Waals surface area contributed by atoms with Crippen LogP contribution in [0.15, 0.2) is 41.6 Å². The van der Waals surface area contributed by atoms with E-state index in [9.17, 15) is 18.0 Å². The number of rotatable bonds is 7. The summed E-state index contributed by atoms with van der Waals surface area (Å²) in [5.41, 5.74) is 0.987. The second kappa shape index (κ2) is 9.61. The maximum Gasteiger partial charge on any atom is 0.309 e. The Hall–Kier alpha value is -2.72. The molecule has 2 aromatic rings. The summed E-state index contributed by atoms with van der Waals surface area (Å²) in [6, 6.07) is 9.54. The third-order valence-electron chi connectivity index (χ3n) is 5.50. The van der Waals surface area contributed by atoms with Crippen LogP contribution >= 0.6 is 0 Å². The third kappa shape index (κ3) is 5.50. The molecule has 3 rings (SSSR count). The smallest absolute Gasteiger partial charge is 0.309 e. The van der Waals surface area contributed by atoms with E-state index in [0.29, 0.717) is 25.2 Å². The van der Waals surface area contributed by atoms with Gasteiger partial charge in [0.2, 0.25) is 0 Å². The van der Waals surface area contributed by atoms with Gasteiger partial charge in [0, 0.05) is 39.9 Å². The second-order valence-corrected chi connectivity index (χ2v) is 9.64. The van der Waals surface area contributed by atoms with Gasteiger partial charge in [0.1, 0.15) is 5.82 Å². The number of imidazole rings is 1. The summed E-state index contributed by atoms with van der Waals surface area (Å²) in [5, 5.41) is 0.0144. The zero-order valence-electron chi connectivity index (χ0n) is 18.0. The second-order valence-electron chi connectivity index (χ2n) is 7.76. The Morgan fingerprint density at radius 1 is 1.19 bits per heavy atom. The van der Waals surface area contributed by atoms with E-state index in [4.69, 9.17) is 4.74 Å². The van der Waals surface area contributed by atoms with Gasteiger partial charge in [-0.2, -0.15) is 4.31 Å². The highest BCUT2D eigenvalue weighted by Gasteiger charge is 2.34. The Balaban J connectivity index is 1.47. The van der Waals surface area contributed by atoms with Gasteiger partial charge in [-0.25, -0.2) is 13.4 Å².